The lowest BCUT2D eigenvalue weighted by atomic mass is 10.1. The summed E-state index contributed by atoms with van der Waals surface area (Å²) in [6, 6.07) is 8.62. The first-order valence-corrected chi connectivity index (χ1v) is 9.11. The standard InChI is InChI=1S/C16H22N4O2S/c1-18(2)10-14-11-19-9-8-17-16(19)13-20(12-14)23(21,22)15-6-4-3-5-7-15/h3-9,14H,10-13H2,1-2H3/t14-/m1/s1. The summed E-state index contributed by atoms with van der Waals surface area (Å²) < 4.78 is 29.6. The summed E-state index contributed by atoms with van der Waals surface area (Å²) in [6.45, 7) is 2.43. The summed E-state index contributed by atoms with van der Waals surface area (Å²) in [5.41, 5.74) is 0. The molecule has 23 heavy (non-hydrogen) atoms. The monoisotopic (exact) mass is 334 g/mol. The van der Waals surface area contributed by atoms with Gasteiger partial charge >= 0.3 is 0 Å². The van der Waals surface area contributed by atoms with Gasteiger partial charge in [0.05, 0.1) is 11.4 Å². The van der Waals surface area contributed by atoms with Crippen molar-refractivity contribution in [2.24, 2.45) is 5.92 Å². The first-order chi connectivity index (χ1) is 11.0. The fraction of sp³-hybridized carbons (Fsp3) is 0.438. The Kier molecular flexibility index (Phi) is 4.52. The van der Waals surface area contributed by atoms with E-state index in [4.69, 9.17) is 0 Å². The van der Waals surface area contributed by atoms with Crippen molar-refractivity contribution < 1.29 is 8.42 Å². The average molecular weight is 334 g/mol. The molecule has 1 aromatic carbocycles. The Morgan fingerprint density at radius 1 is 1.22 bits per heavy atom. The maximum absolute atomic E-state index is 13.0. The molecule has 1 atom stereocenters. The zero-order valence-electron chi connectivity index (χ0n) is 13.5. The van der Waals surface area contributed by atoms with E-state index < -0.39 is 10.0 Å². The molecule has 0 amide bonds. The van der Waals surface area contributed by atoms with Crippen molar-refractivity contribution in [3.63, 3.8) is 0 Å². The van der Waals surface area contributed by atoms with Crippen LogP contribution in [0.5, 0.6) is 0 Å². The van der Waals surface area contributed by atoms with Gasteiger partial charge in [0.25, 0.3) is 0 Å². The molecule has 0 aliphatic carbocycles. The van der Waals surface area contributed by atoms with Crippen LogP contribution in [-0.2, 0) is 23.1 Å². The molecule has 0 radical (unpaired) electrons. The molecule has 1 aromatic heterocycles. The van der Waals surface area contributed by atoms with Crippen LogP contribution in [0.2, 0.25) is 0 Å². The summed E-state index contributed by atoms with van der Waals surface area (Å²) in [6.07, 6.45) is 3.66. The number of hydrogen-bond acceptors (Lipinski definition) is 4. The summed E-state index contributed by atoms with van der Waals surface area (Å²) in [4.78, 5) is 6.76. The van der Waals surface area contributed by atoms with E-state index in [1.54, 1.807) is 34.8 Å². The van der Waals surface area contributed by atoms with Crippen LogP contribution in [0.25, 0.3) is 0 Å². The average Bonchev–Trinajstić information content (AvgIpc) is 2.86. The molecule has 2 heterocycles. The predicted molar refractivity (Wildman–Crippen MR) is 88.3 cm³/mol. The van der Waals surface area contributed by atoms with E-state index in [1.807, 2.05) is 26.4 Å². The molecule has 7 heteroatoms. The molecule has 0 bridgehead atoms. The molecule has 0 unspecified atom stereocenters. The van der Waals surface area contributed by atoms with Crippen molar-refractivity contribution in [1.29, 1.82) is 0 Å². The SMILES string of the molecule is CN(C)C[C@H]1CN(S(=O)(=O)c2ccccc2)Cc2nccn2C1. The molecular formula is C16H22N4O2S. The Balaban J connectivity index is 1.95. The van der Waals surface area contributed by atoms with Gasteiger partial charge < -0.3 is 9.47 Å². The van der Waals surface area contributed by atoms with Crippen molar-refractivity contribution in [1.82, 2.24) is 18.8 Å². The molecule has 0 spiro atoms. The van der Waals surface area contributed by atoms with E-state index in [-0.39, 0.29) is 5.92 Å². The number of benzene rings is 1. The van der Waals surface area contributed by atoms with Crippen molar-refractivity contribution >= 4 is 10.0 Å². The highest BCUT2D eigenvalue weighted by Crippen LogP contribution is 2.23. The van der Waals surface area contributed by atoms with Crippen LogP contribution in [-0.4, -0.2) is 54.4 Å². The second kappa shape index (κ2) is 6.43. The van der Waals surface area contributed by atoms with Crippen LogP contribution in [0.15, 0.2) is 47.6 Å². The molecule has 3 rings (SSSR count). The highest BCUT2D eigenvalue weighted by Gasteiger charge is 2.31. The number of rotatable bonds is 4. The van der Waals surface area contributed by atoms with Crippen molar-refractivity contribution in [2.75, 3.05) is 27.2 Å². The Morgan fingerprint density at radius 2 is 1.96 bits per heavy atom. The van der Waals surface area contributed by atoms with E-state index in [1.165, 1.54) is 0 Å². The summed E-state index contributed by atoms with van der Waals surface area (Å²) in [5.74, 6) is 1.02. The maximum atomic E-state index is 13.0. The summed E-state index contributed by atoms with van der Waals surface area (Å²) in [7, 11) is 0.506. The Morgan fingerprint density at radius 3 is 2.65 bits per heavy atom. The van der Waals surface area contributed by atoms with Crippen LogP contribution in [0.3, 0.4) is 0 Å². The Labute approximate surface area is 137 Å². The van der Waals surface area contributed by atoms with E-state index in [2.05, 4.69) is 14.5 Å². The number of nitrogens with zero attached hydrogens (tertiary/aromatic N) is 4. The smallest absolute Gasteiger partial charge is 0.243 e. The number of hydrogen-bond donors (Lipinski definition) is 0. The van der Waals surface area contributed by atoms with E-state index in [0.717, 1.165) is 18.9 Å². The minimum Gasteiger partial charge on any atom is -0.333 e. The molecule has 2 aromatic rings. The number of sulfonamides is 1. The van der Waals surface area contributed by atoms with Crippen molar-refractivity contribution in [3.05, 3.63) is 48.5 Å². The maximum Gasteiger partial charge on any atom is 0.243 e. The van der Waals surface area contributed by atoms with Crippen LogP contribution < -0.4 is 0 Å². The third kappa shape index (κ3) is 3.46. The molecule has 6 nitrogen and oxygen atoms in total. The van der Waals surface area contributed by atoms with Gasteiger partial charge in [-0.25, -0.2) is 13.4 Å². The molecule has 0 N–H and O–H groups in total. The third-order valence-corrected chi connectivity index (χ3v) is 5.87. The largest absolute Gasteiger partial charge is 0.333 e. The van der Waals surface area contributed by atoms with Gasteiger partial charge in [-0.3, -0.25) is 0 Å². The minimum absolute atomic E-state index is 0.221. The molecule has 1 aliphatic rings. The highest BCUT2D eigenvalue weighted by molar-refractivity contribution is 7.89. The van der Waals surface area contributed by atoms with E-state index in [9.17, 15) is 8.42 Å². The lowest BCUT2D eigenvalue weighted by molar-refractivity contribution is 0.264. The normalized spacial score (nSPS) is 19.5. The second-order valence-electron chi connectivity index (χ2n) is 6.23. The molecule has 0 fully saturated rings. The van der Waals surface area contributed by atoms with Gasteiger partial charge in [0.2, 0.25) is 10.0 Å². The molecule has 0 saturated heterocycles. The molecule has 124 valence electrons. The molecule has 0 saturated carbocycles. The summed E-state index contributed by atoms with van der Waals surface area (Å²) in [5, 5.41) is 0. The van der Waals surface area contributed by atoms with Gasteiger partial charge in [0, 0.05) is 37.9 Å². The van der Waals surface area contributed by atoms with Gasteiger partial charge in [-0.2, -0.15) is 4.31 Å². The van der Waals surface area contributed by atoms with Crippen LogP contribution in [0.4, 0.5) is 0 Å². The van der Waals surface area contributed by atoms with Crippen LogP contribution in [0, 0.1) is 5.92 Å². The van der Waals surface area contributed by atoms with Crippen molar-refractivity contribution in [2.45, 2.75) is 18.0 Å². The Hall–Kier alpha value is -1.70. The van der Waals surface area contributed by atoms with Crippen LogP contribution in [0.1, 0.15) is 5.82 Å². The lowest BCUT2D eigenvalue weighted by Crippen LogP contribution is -2.37. The second-order valence-corrected chi connectivity index (χ2v) is 8.17. The predicted octanol–water partition coefficient (Wildman–Crippen LogP) is 1.27. The third-order valence-electron chi connectivity index (χ3n) is 4.04. The number of fused-ring (bicyclic) bond motifs is 1. The minimum atomic E-state index is -3.51. The fourth-order valence-electron chi connectivity index (χ4n) is 3.06. The van der Waals surface area contributed by atoms with E-state index >= 15 is 0 Å². The van der Waals surface area contributed by atoms with Gasteiger partial charge in [-0.05, 0) is 26.2 Å². The number of imidazole rings is 1. The lowest BCUT2D eigenvalue weighted by Gasteiger charge is -2.25. The molecule has 1 aliphatic heterocycles. The summed E-state index contributed by atoms with van der Waals surface area (Å²) >= 11 is 0. The first-order valence-electron chi connectivity index (χ1n) is 7.67. The first kappa shape index (κ1) is 16.2. The topological polar surface area (TPSA) is 58.4 Å². The highest BCUT2D eigenvalue weighted by atomic mass is 32.2. The quantitative estimate of drug-likeness (QED) is 0.845. The van der Waals surface area contributed by atoms with Gasteiger partial charge in [-0.1, -0.05) is 18.2 Å². The zero-order chi connectivity index (χ0) is 16.4. The van der Waals surface area contributed by atoms with Crippen molar-refractivity contribution in [3.8, 4) is 0 Å². The van der Waals surface area contributed by atoms with Crippen LogP contribution >= 0.6 is 0 Å². The van der Waals surface area contributed by atoms with Gasteiger partial charge in [-0.15, -0.1) is 0 Å². The Bertz CT molecular complexity index is 755. The van der Waals surface area contributed by atoms with E-state index in [0.29, 0.717) is 18.0 Å². The number of aromatic nitrogens is 2. The van der Waals surface area contributed by atoms with Gasteiger partial charge in [0.15, 0.2) is 0 Å². The van der Waals surface area contributed by atoms with Gasteiger partial charge in [0.1, 0.15) is 5.82 Å². The zero-order valence-corrected chi connectivity index (χ0v) is 14.3. The molecular weight excluding hydrogens is 312 g/mol. The fourth-order valence-corrected chi connectivity index (χ4v) is 4.55.